The summed E-state index contributed by atoms with van der Waals surface area (Å²) >= 11 is 13.0. The summed E-state index contributed by atoms with van der Waals surface area (Å²) in [5.41, 5.74) is 1.36. The Morgan fingerprint density at radius 2 is 1.74 bits per heavy atom. The van der Waals surface area contributed by atoms with Crippen LogP contribution in [0.5, 0.6) is 11.5 Å². The van der Waals surface area contributed by atoms with E-state index in [1.807, 2.05) is 6.07 Å². The predicted molar refractivity (Wildman–Crippen MR) is 160 cm³/mol. The third-order valence-corrected chi connectivity index (χ3v) is 7.38. The molecule has 1 heterocycles. The Labute approximate surface area is 251 Å². The van der Waals surface area contributed by atoms with Crippen molar-refractivity contribution in [2.45, 2.75) is 5.16 Å². The van der Waals surface area contributed by atoms with E-state index in [9.17, 15) is 19.1 Å². The van der Waals surface area contributed by atoms with E-state index < -0.39 is 27.4 Å². The zero-order valence-electron chi connectivity index (χ0n) is 21.9. The number of hydrogen-bond donors (Lipinski definition) is 2. The highest BCUT2D eigenvalue weighted by Crippen LogP contribution is 2.39. The minimum Gasteiger partial charge on any atom is -0.493 e. The van der Waals surface area contributed by atoms with Gasteiger partial charge in [0.15, 0.2) is 11.5 Å². The number of benzene rings is 3. The van der Waals surface area contributed by atoms with Crippen molar-refractivity contribution in [1.29, 1.82) is 5.26 Å². The number of rotatable bonds is 10. The van der Waals surface area contributed by atoms with Crippen molar-refractivity contribution < 1.29 is 23.4 Å². The van der Waals surface area contributed by atoms with Crippen molar-refractivity contribution >= 4 is 79.8 Å². The first-order valence-electron chi connectivity index (χ1n) is 11.8. The predicted octanol–water partition coefficient (Wildman–Crippen LogP) is 5.89. The number of fused-ring (bicyclic) bond motifs is 1. The number of nitriles is 1. The molecule has 1 amide bonds. The first kappa shape index (κ1) is 30.2. The number of hydrogen-bond acceptors (Lipinski definition) is 10. The molecule has 0 spiro atoms. The number of carbonyl (C=O) groups is 1. The highest BCUT2D eigenvalue weighted by molar-refractivity contribution is 7.85. The maximum absolute atomic E-state index is 13.3. The van der Waals surface area contributed by atoms with Crippen molar-refractivity contribution in [1.82, 2.24) is 9.97 Å². The molecule has 1 unspecified atom stereocenters. The fourth-order valence-corrected chi connectivity index (χ4v) is 5.17. The highest BCUT2D eigenvalue weighted by atomic mass is 35.5. The highest BCUT2D eigenvalue weighted by Gasteiger charge is 2.20. The van der Waals surface area contributed by atoms with Gasteiger partial charge in [0.2, 0.25) is 11.1 Å². The summed E-state index contributed by atoms with van der Waals surface area (Å²) in [6.07, 6.45) is 2.83. The van der Waals surface area contributed by atoms with Gasteiger partial charge in [-0.15, -0.1) is 0 Å². The SMILES string of the molecule is COc1cc2nc(S(=O)CC(=O)Nc3ccc([N+](=O)[O-])cc3)nc(Nc3c(Cl)cc(/C=C/C#N)cc3Cl)c2cc1OC. The van der Waals surface area contributed by atoms with Gasteiger partial charge in [0.05, 0.1) is 46.5 Å². The topological polar surface area (TPSA) is 169 Å². The van der Waals surface area contributed by atoms with E-state index in [1.165, 1.54) is 44.6 Å². The first-order valence-corrected chi connectivity index (χ1v) is 13.9. The molecule has 0 bridgehead atoms. The maximum Gasteiger partial charge on any atom is 0.269 e. The van der Waals surface area contributed by atoms with Crippen LogP contribution < -0.4 is 20.1 Å². The number of methoxy groups -OCH3 is 2. The van der Waals surface area contributed by atoms with Crippen LogP contribution in [0.2, 0.25) is 10.0 Å². The molecule has 15 heteroatoms. The van der Waals surface area contributed by atoms with E-state index >= 15 is 0 Å². The second-order valence-corrected chi connectivity index (χ2v) is 10.5. The largest absolute Gasteiger partial charge is 0.493 e. The summed E-state index contributed by atoms with van der Waals surface area (Å²) in [7, 11) is 0.899. The van der Waals surface area contributed by atoms with Crippen LogP contribution >= 0.6 is 23.2 Å². The standard InChI is InChI=1S/C27H20Cl2N6O6S/c1-40-22-12-18-21(13-23(22)41-2)32-27(42(39)14-24(36)31-16-5-7-17(8-6-16)35(37)38)34-26(18)33-25-19(28)10-15(4-3-9-30)11-20(25)29/h3-8,10-13H,14H2,1-2H3,(H,31,36)(H,32,33,34)/b4-3+. The lowest BCUT2D eigenvalue weighted by Gasteiger charge is -2.15. The van der Waals surface area contributed by atoms with Gasteiger partial charge in [0.25, 0.3) is 5.69 Å². The number of amides is 1. The van der Waals surface area contributed by atoms with E-state index in [0.717, 1.165) is 0 Å². The molecule has 0 saturated heterocycles. The van der Waals surface area contributed by atoms with Crippen molar-refractivity contribution in [2.24, 2.45) is 0 Å². The molecular weight excluding hydrogens is 607 g/mol. The lowest BCUT2D eigenvalue weighted by atomic mass is 10.1. The molecule has 1 aromatic heterocycles. The summed E-state index contributed by atoms with van der Waals surface area (Å²) in [5.74, 6) is -0.227. The second kappa shape index (κ2) is 13.3. The number of aromatic nitrogens is 2. The number of nitrogens with zero attached hydrogens (tertiary/aromatic N) is 4. The van der Waals surface area contributed by atoms with Gasteiger partial charge >= 0.3 is 0 Å². The smallest absolute Gasteiger partial charge is 0.269 e. The van der Waals surface area contributed by atoms with Crippen LogP contribution in [0.1, 0.15) is 5.56 Å². The molecule has 2 N–H and O–H groups in total. The van der Waals surface area contributed by atoms with E-state index in [4.69, 9.17) is 37.9 Å². The number of halogens is 2. The second-order valence-electron chi connectivity index (χ2n) is 8.37. The van der Waals surface area contributed by atoms with Crippen LogP contribution in [0.25, 0.3) is 17.0 Å². The first-order chi connectivity index (χ1) is 20.1. The lowest BCUT2D eigenvalue weighted by Crippen LogP contribution is -2.20. The summed E-state index contributed by atoms with van der Waals surface area (Å²) < 4.78 is 24.1. The van der Waals surface area contributed by atoms with Crippen LogP contribution in [0.3, 0.4) is 0 Å². The molecule has 0 saturated carbocycles. The Morgan fingerprint density at radius 1 is 1.10 bits per heavy atom. The molecule has 0 radical (unpaired) electrons. The minimum atomic E-state index is -2.02. The molecule has 1 atom stereocenters. The number of nitro benzene ring substituents is 1. The van der Waals surface area contributed by atoms with Gasteiger partial charge in [-0.25, -0.2) is 9.97 Å². The molecule has 4 rings (SSSR count). The fraction of sp³-hybridized carbons (Fsp3) is 0.111. The number of ether oxygens (including phenoxy) is 2. The van der Waals surface area contributed by atoms with Crippen LogP contribution in [0, 0.1) is 21.4 Å². The van der Waals surface area contributed by atoms with E-state index in [0.29, 0.717) is 33.7 Å². The van der Waals surface area contributed by atoms with Gasteiger partial charge in [-0.3, -0.25) is 19.1 Å². The minimum absolute atomic E-state index is 0.137. The Bertz CT molecular complexity index is 1770. The molecule has 3 aromatic carbocycles. The zero-order valence-corrected chi connectivity index (χ0v) is 24.2. The number of nitrogens with one attached hydrogen (secondary N) is 2. The molecule has 42 heavy (non-hydrogen) atoms. The molecule has 0 fully saturated rings. The van der Waals surface area contributed by atoms with Crippen molar-refractivity contribution in [3.63, 3.8) is 0 Å². The van der Waals surface area contributed by atoms with Crippen LogP contribution in [-0.4, -0.2) is 45.0 Å². The van der Waals surface area contributed by atoms with E-state index in [-0.39, 0.29) is 32.4 Å². The Hall–Kier alpha value is -4.77. The summed E-state index contributed by atoms with van der Waals surface area (Å²) in [6.45, 7) is 0. The number of allylic oxidation sites excluding steroid dienone is 1. The third-order valence-electron chi connectivity index (χ3n) is 5.67. The van der Waals surface area contributed by atoms with Gasteiger partial charge < -0.3 is 20.1 Å². The molecule has 12 nitrogen and oxygen atoms in total. The van der Waals surface area contributed by atoms with Crippen molar-refractivity contribution in [2.75, 3.05) is 30.6 Å². The third kappa shape index (κ3) is 6.92. The van der Waals surface area contributed by atoms with E-state index in [1.54, 1.807) is 30.3 Å². The quantitative estimate of drug-likeness (QED) is 0.0936. The van der Waals surface area contributed by atoms with Gasteiger partial charge in [-0.2, -0.15) is 5.26 Å². The Balaban J connectivity index is 1.70. The number of anilines is 3. The summed E-state index contributed by atoms with van der Waals surface area (Å²) in [5, 5.41) is 26.0. The van der Waals surface area contributed by atoms with Crippen LogP contribution in [-0.2, 0) is 15.6 Å². The van der Waals surface area contributed by atoms with Crippen LogP contribution in [0.4, 0.5) is 22.9 Å². The molecule has 0 aliphatic rings. The maximum atomic E-state index is 13.3. The van der Waals surface area contributed by atoms with Gasteiger partial charge in [0.1, 0.15) is 22.4 Å². The number of non-ortho nitro benzene ring substituents is 1. The average Bonchev–Trinajstić information content (AvgIpc) is 2.97. The fourth-order valence-electron chi connectivity index (χ4n) is 3.74. The van der Waals surface area contributed by atoms with Crippen molar-refractivity contribution in [3.8, 4) is 17.6 Å². The van der Waals surface area contributed by atoms with Gasteiger partial charge in [-0.1, -0.05) is 23.2 Å². The monoisotopic (exact) mass is 626 g/mol. The summed E-state index contributed by atoms with van der Waals surface area (Å²) in [4.78, 5) is 31.7. The molecule has 0 aliphatic carbocycles. The molecular formula is C27H20Cl2N6O6S. The Kier molecular flexibility index (Phi) is 9.53. The molecule has 4 aromatic rings. The lowest BCUT2D eigenvalue weighted by molar-refractivity contribution is -0.384. The summed E-state index contributed by atoms with van der Waals surface area (Å²) in [6, 6.07) is 13.5. The van der Waals surface area contributed by atoms with Gasteiger partial charge in [0, 0.05) is 35.3 Å². The Morgan fingerprint density at radius 3 is 2.33 bits per heavy atom. The van der Waals surface area contributed by atoms with Crippen molar-refractivity contribution in [3.05, 3.63) is 80.3 Å². The van der Waals surface area contributed by atoms with Crippen LogP contribution in [0.15, 0.2) is 59.8 Å². The zero-order chi connectivity index (χ0) is 30.4. The molecule has 0 aliphatic heterocycles. The number of carbonyl (C=O) groups excluding carboxylic acids is 1. The number of nitro groups is 1. The van der Waals surface area contributed by atoms with Gasteiger partial charge in [-0.05, 0) is 42.0 Å². The van der Waals surface area contributed by atoms with E-state index in [2.05, 4.69) is 20.6 Å². The molecule has 214 valence electrons. The normalized spacial score (nSPS) is 11.6. The average molecular weight is 627 g/mol.